The number of nitrogens with zero attached hydrogens (tertiary/aromatic N) is 2. The van der Waals surface area contributed by atoms with Crippen molar-refractivity contribution in [2.45, 2.75) is 0 Å². The first kappa shape index (κ1) is 15.1. The number of H-pyrrole nitrogens is 2. The van der Waals surface area contributed by atoms with E-state index in [0.717, 1.165) is 28.1 Å². The van der Waals surface area contributed by atoms with Gasteiger partial charge in [-0.25, -0.2) is 14.4 Å². The van der Waals surface area contributed by atoms with Gasteiger partial charge in [0, 0.05) is 11.0 Å². The number of aromatic nitrogens is 4. The molecular formula is C20H12ClFN4. The number of aromatic amines is 2. The van der Waals surface area contributed by atoms with E-state index in [0.29, 0.717) is 16.7 Å². The zero-order valence-corrected chi connectivity index (χ0v) is 14.2. The summed E-state index contributed by atoms with van der Waals surface area (Å²) in [6.45, 7) is 0. The molecule has 26 heavy (non-hydrogen) atoms. The Kier molecular flexibility index (Phi) is 3.30. The van der Waals surface area contributed by atoms with Crippen molar-refractivity contribution in [1.82, 2.24) is 19.9 Å². The van der Waals surface area contributed by atoms with Crippen LogP contribution in [-0.2, 0) is 0 Å². The van der Waals surface area contributed by atoms with Crippen LogP contribution in [0.4, 0.5) is 4.39 Å². The Bertz CT molecular complexity index is 1260. The van der Waals surface area contributed by atoms with Gasteiger partial charge in [-0.2, -0.15) is 0 Å². The van der Waals surface area contributed by atoms with Crippen LogP contribution >= 0.6 is 11.6 Å². The Labute approximate surface area is 152 Å². The Balaban J connectivity index is 1.90. The van der Waals surface area contributed by atoms with Crippen LogP contribution in [0.15, 0.2) is 36.4 Å². The lowest BCUT2D eigenvalue weighted by molar-refractivity contribution is 0.642. The summed E-state index contributed by atoms with van der Waals surface area (Å²) in [6, 6.07) is 11.1. The summed E-state index contributed by atoms with van der Waals surface area (Å²) in [4.78, 5) is 15.3. The highest BCUT2D eigenvalue weighted by Crippen LogP contribution is 2.26. The van der Waals surface area contributed by atoms with Crippen LogP contribution in [0, 0.1) is 5.82 Å². The van der Waals surface area contributed by atoms with Crippen molar-refractivity contribution in [3.8, 4) is 0 Å². The molecule has 6 heteroatoms. The van der Waals surface area contributed by atoms with Gasteiger partial charge in [0.05, 0.1) is 33.8 Å². The van der Waals surface area contributed by atoms with Gasteiger partial charge in [0.2, 0.25) is 0 Å². The molecule has 3 aromatic heterocycles. The fraction of sp³-hybridized carbons (Fsp3) is 0. The topological polar surface area (TPSA) is 57.4 Å². The van der Waals surface area contributed by atoms with Crippen molar-refractivity contribution in [3.05, 3.63) is 70.0 Å². The van der Waals surface area contributed by atoms with E-state index in [1.54, 1.807) is 12.1 Å². The van der Waals surface area contributed by atoms with Crippen molar-refractivity contribution in [3.63, 3.8) is 0 Å². The second-order valence-corrected chi connectivity index (χ2v) is 6.49. The van der Waals surface area contributed by atoms with Gasteiger partial charge in [0.25, 0.3) is 0 Å². The third-order valence-corrected chi connectivity index (χ3v) is 4.59. The number of hydrogen-bond acceptors (Lipinski definition) is 2. The van der Waals surface area contributed by atoms with Crippen molar-refractivity contribution in [2.24, 2.45) is 0 Å². The number of rotatable bonds is 0. The maximum atomic E-state index is 14.5. The zero-order chi connectivity index (χ0) is 17.7. The number of halogens is 2. The molecule has 8 bridgehead atoms. The van der Waals surface area contributed by atoms with Crippen LogP contribution in [-0.4, -0.2) is 19.9 Å². The highest BCUT2D eigenvalue weighted by atomic mass is 35.5. The smallest absolute Gasteiger partial charge is 0.167 e. The molecule has 0 spiro atoms. The highest BCUT2D eigenvalue weighted by molar-refractivity contribution is 6.34. The molecule has 3 aromatic rings. The van der Waals surface area contributed by atoms with Crippen LogP contribution in [0.25, 0.3) is 46.4 Å². The normalized spacial score (nSPS) is 12.7. The standard InChI is InChI=1S/C20H12ClFN4/c21-19-17-9-15-5-3-13(24-15)7-11-1-2-12(23-11)8-14-4-6-16(25-14)10-18(26-17)20(19)22/h1-10,24,26H. The number of hydrogen-bond donors (Lipinski definition) is 2. The second kappa shape index (κ2) is 5.68. The van der Waals surface area contributed by atoms with Crippen LogP contribution in [0.3, 0.4) is 0 Å². The molecule has 0 saturated carbocycles. The van der Waals surface area contributed by atoms with Gasteiger partial charge in [0.1, 0.15) is 5.02 Å². The Hall–Kier alpha value is -3.18. The van der Waals surface area contributed by atoms with Crippen LogP contribution in [0.5, 0.6) is 0 Å². The van der Waals surface area contributed by atoms with Crippen molar-refractivity contribution in [2.75, 3.05) is 0 Å². The average Bonchev–Trinajstić information content (AvgIpc) is 3.38. The summed E-state index contributed by atoms with van der Waals surface area (Å²) in [5.41, 5.74) is 5.59. The summed E-state index contributed by atoms with van der Waals surface area (Å²) in [5, 5.41) is 0.0564. The first-order valence-electron chi connectivity index (χ1n) is 8.06. The van der Waals surface area contributed by atoms with E-state index in [2.05, 4.69) is 19.9 Å². The minimum absolute atomic E-state index is 0.0564. The lowest BCUT2D eigenvalue weighted by Crippen LogP contribution is -1.77. The van der Waals surface area contributed by atoms with E-state index in [9.17, 15) is 4.39 Å². The van der Waals surface area contributed by atoms with Gasteiger partial charge in [0.15, 0.2) is 5.82 Å². The predicted octanol–water partition coefficient (Wildman–Crippen LogP) is 5.45. The molecule has 0 atom stereocenters. The van der Waals surface area contributed by atoms with E-state index >= 15 is 0 Å². The molecule has 4 nitrogen and oxygen atoms in total. The fourth-order valence-corrected chi connectivity index (χ4v) is 3.22. The third-order valence-electron chi connectivity index (χ3n) is 4.22. The summed E-state index contributed by atoms with van der Waals surface area (Å²) in [6.07, 6.45) is 7.59. The van der Waals surface area contributed by atoms with Crippen molar-refractivity contribution >= 4 is 58.0 Å². The fourth-order valence-electron chi connectivity index (χ4n) is 3.01. The highest BCUT2D eigenvalue weighted by Gasteiger charge is 2.09. The van der Waals surface area contributed by atoms with E-state index in [1.807, 2.05) is 48.6 Å². The van der Waals surface area contributed by atoms with E-state index in [1.165, 1.54) is 0 Å². The lowest BCUT2D eigenvalue weighted by atomic mass is 10.3. The van der Waals surface area contributed by atoms with E-state index in [4.69, 9.17) is 11.6 Å². The zero-order valence-electron chi connectivity index (χ0n) is 13.4. The van der Waals surface area contributed by atoms with Gasteiger partial charge >= 0.3 is 0 Å². The Morgan fingerprint density at radius 2 is 1.27 bits per heavy atom. The maximum Gasteiger partial charge on any atom is 0.167 e. The van der Waals surface area contributed by atoms with Crippen LogP contribution < -0.4 is 0 Å². The average molecular weight is 363 g/mol. The van der Waals surface area contributed by atoms with Crippen molar-refractivity contribution < 1.29 is 4.39 Å². The van der Waals surface area contributed by atoms with E-state index < -0.39 is 5.82 Å². The van der Waals surface area contributed by atoms with Crippen LogP contribution in [0.2, 0.25) is 5.02 Å². The third kappa shape index (κ3) is 2.62. The molecule has 0 unspecified atom stereocenters. The summed E-state index contributed by atoms with van der Waals surface area (Å²) in [5.74, 6) is -0.490. The molecule has 5 heterocycles. The Morgan fingerprint density at radius 3 is 1.96 bits per heavy atom. The molecule has 126 valence electrons. The molecule has 2 aliphatic heterocycles. The molecule has 0 amide bonds. The molecule has 0 aliphatic carbocycles. The van der Waals surface area contributed by atoms with Gasteiger partial charge < -0.3 is 9.97 Å². The summed E-state index contributed by atoms with van der Waals surface area (Å²) >= 11 is 6.15. The second-order valence-electron chi connectivity index (χ2n) is 6.12. The minimum Gasteiger partial charge on any atom is -0.355 e. The Morgan fingerprint density at radius 1 is 0.692 bits per heavy atom. The largest absolute Gasteiger partial charge is 0.355 e. The van der Waals surface area contributed by atoms with Gasteiger partial charge in [-0.1, -0.05) is 11.6 Å². The molecule has 0 saturated heterocycles. The summed E-state index contributed by atoms with van der Waals surface area (Å²) in [7, 11) is 0. The molecular weight excluding hydrogens is 351 g/mol. The van der Waals surface area contributed by atoms with Gasteiger partial charge in [-0.3, -0.25) is 0 Å². The lowest BCUT2D eigenvalue weighted by Gasteiger charge is -1.86. The monoisotopic (exact) mass is 362 g/mol. The molecule has 0 aromatic carbocycles. The van der Waals surface area contributed by atoms with Gasteiger partial charge in [-0.05, 0) is 60.7 Å². The molecule has 0 radical (unpaired) electrons. The van der Waals surface area contributed by atoms with Gasteiger partial charge in [-0.15, -0.1) is 0 Å². The van der Waals surface area contributed by atoms with E-state index in [-0.39, 0.29) is 5.02 Å². The molecule has 2 aliphatic rings. The minimum atomic E-state index is -0.490. The quantitative estimate of drug-likeness (QED) is 0.385. The molecule has 0 fully saturated rings. The molecule has 2 N–H and O–H groups in total. The molecule has 5 rings (SSSR count). The predicted molar refractivity (Wildman–Crippen MR) is 104 cm³/mol. The van der Waals surface area contributed by atoms with Crippen molar-refractivity contribution in [1.29, 1.82) is 0 Å². The number of fused-ring (bicyclic) bond motifs is 8. The summed E-state index contributed by atoms with van der Waals surface area (Å²) < 4.78 is 14.5. The SMILES string of the molecule is Fc1c(Cl)c2cc3ccc(cc4nc(cc5nc(cc1[nH]2)C=C5)C=C4)[nH]3. The van der Waals surface area contributed by atoms with Crippen LogP contribution in [0.1, 0.15) is 22.8 Å². The number of nitrogens with one attached hydrogen (secondary N) is 2. The first-order chi connectivity index (χ1) is 12.6. The first-order valence-corrected chi connectivity index (χ1v) is 8.44. The maximum absolute atomic E-state index is 14.5.